The molecule has 0 bridgehead atoms. The van der Waals surface area contributed by atoms with E-state index in [0.717, 1.165) is 5.56 Å². The number of phenols is 1. The molecule has 0 aromatic heterocycles. The fourth-order valence-corrected chi connectivity index (χ4v) is 2.38. The van der Waals surface area contributed by atoms with Crippen molar-refractivity contribution in [1.82, 2.24) is 4.90 Å². The first-order valence-electron chi connectivity index (χ1n) is 8.55. The molecule has 0 heterocycles. The minimum Gasteiger partial charge on any atom is -0.508 e. The lowest BCUT2D eigenvalue weighted by Crippen LogP contribution is -2.34. The maximum atomic E-state index is 12.2. The number of hydrogen-bond acceptors (Lipinski definition) is 4. The molecular formula is C21H23NO4. The molecule has 1 amide bonds. The van der Waals surface area contributed by atoms with Gasteiger partial charge in [-0.05, 0) is 61.9 Å². The zero-order valence-electron chi connectivity index (χ0n) is 15.0. The summed E-state index contributed by atoms with van der Waals surface area (Å²) in [5.74, 6) is 0.531. The van der Waals surface area contributed by atoms with Gasteiger partial charge in [-0.25, -0.2) is 0 Å². The van der Waals surface area contributed by atoms with E-state index in [1.807, 2.05) is 13.8 Å². The molecule has 0 spiro atoms. The number of carbonyl (C=O) groups is 2. The maximum Gasteiger partial charge on any atom is 0.260 e. The molecule has 5 nitrogen and oxygen atoms in total. The van der Waals surface area contributed by atoms with Crippen LogP contribution in [-0.4, -0.2) is 41.4 Å². The van der Waals surface area contributed by atoms with Crippen molar-refractivity contribution in [3.05, 3.63) is 65.7 Å². The van der Waals surface area contributed by atoms with Crippen molar-refractivity contribution in [3.63, 3.8) is 0 Å². The first-order chi connectivity index (χ1) is 12.5. The highest BCUT2D eigenvalue weighted by Crippen LogP contribution is 2.15. The second-order valence-electron chi connectivity index (χ2n) is 5.67. The smallest absolute Gasteiger partial charge is 0.260 e. The average molecular weight is 353 g/mol. The summed E-state index contributed by atoms with van der Waals surface area (Å²) in [5, 5.41) is 9.25. The van der Waals surface area contributed by atoms with E-state index in [1.165, 1.54) is 6.08 Å². The van der Waals surface area contributed by atoms with Crippen LogP contribution >= 0.6 is 0 Å². The zero-order chi connectivity index (χ0) is 18.9. The molecular weight excluding hydrogens is 330 g/mol. The van der Waals surface area contributed by atoms with Crippen LogP contribution in [0.1, 0.15) is 29.8 Å². The molecule has 2 rings (SSSR count). The summed E-state index contributed by atoms with van der Waals surface area (Å²) in [7, 11) is 0. The SMILES string of the molecule is CCN(CC)C(=O)COc1ccc(C(=O)/C=C/c2ccc(O)cc2)cc1. The number of amides is 1. The van der Waals surface area contributed by atoms with Crippen molar-refractivity contribution in [3.8, 4) is 11.5 Å². The Kier molecular flexibility index (Phi) is 6.97. The molecule has 0 aliphatic heterocycles. The number of nitrogens with zero attached hydrogens (tertiary/aromatic N) is 1. The molecule has 2 aromatic carbocycles. The Labute approximate surface area is 153 Å². The minimum absolute atomic E-state index is 0.0181. The van der Waals surface area contributed by atoms with Gasteiger partial charge in [0, 0.05) is 18.7 Å². The number of ether oxygens (including phenoxy) is 1. The van der Waals surface area contributed by atoms with Crippen LogP contribution in [0.2, 0.25) is 0 Å². The Morgan fingerprint density at radius 1 is 1.00 bits per heavy atom. The van der Waals surface area contributed by atoms with Crippen molar-refractivity contribution in [1.29, 1.82) is 0 Å². The third-order valence-corrected chi connectivity index (χ3v) is 3.94. The lowest BCUT2D eigenvalue weighted by atomic mass is 10.1. The lowest BCUT2D eigenvalue weighted by molar-refractivity contribution is -0.132. The minimum atomic E-state index is -0.135. The largest absolute Gasteiger partial charge is 0.508 e. The van der Waals surface area contributed by atoms with Gasteiger partial charge in [0.05, 0.1) is 0 Å². The summed E-state index contributed by atoms with van der Waals surface area (Å²) < 4.78 is 5.48. The Morgan fingerprint density at radius 3 is 2.19 bits per heavy atom. The molecule has 0 saturated heterocycles. The van der Waals surface area contributed by atoms with Gasteiger partial charge in [0.15, 0.2) is 12.4 Å². The van der Waals surface area contributed by atoms with Crippen molar-refractivity contribution in [2.45, 2.75) is 13.8 Å². The van der Waals surface area contributed by atoms with Gasteiger partial charge in [0.2, 0.25) is 0 Å². The average Bonchev–Trinajstić information content (AvgIpc) is 2.67. The molecule has 26 heavy (non-hydrogen) atoms. The molecule has 136 valence electrons. The third-order valence-electron chi connectivity index (χ3n) is 3.94. The van der Waals surface area contributed by atoms with Crippen LogP contribution in [0.4, 0.5) is 0 Å². The second kappa shape index (κ2) is 9.42. The van der Waals surface area contributed by atoms with Gasteiger partial charge in [-0.15, -0.1) is 0 Å². The van der Waals surface area contributed by atoms with Crippen LogP contribution in [0.25, 0.3) is 6.08 Å². The summed E-state index contributed by atoms with van der Waals surface area (Å²) in [6.45, 7) is 5.13. The molecule has 0 fully saturated rings. The standard InChI is InChI=1S/C21H23NO4/c1-3-22(4-2)21(25)15-26-19-12-8-17(9-13-19)20(24)14-7-16-5-10-18(23)11-6-16/h5-14,23H,3-4,15H2,1-2H3/b14-7+. The molecule has 0 atom stereocenters. The molecule has 2 aromatic rings. The van der Waals surface area contributed by atoms with Crippen LogP contribution in [0, 0.1) is 0 Å². The fraction of sp³-hybridized carbons (Fsp3) is 0.238. The predicted molar refractivity (Wildman–Crippen MR) is 101 cm³/mol. The quantitative estimate of drug-likeness (QED) is 0.582. The lowest BCUT2D eigenvalue weighted by Gasteiger charge is -2.18. The molecule has 0 saturated carbocycles. The Bertz CT molecular complexity index is 760. The number of benzene rings is 2. The van der Waals surface area contributed by atoms with E-state index in [-0.39, 0.29) is 24.0 Å². The van der Waals surface area contributed by atoms with Crippen LogP contribution in [0.15, 0.2) is 54.6 Å². The van der Waals surface area contributed by atoms with Crippen LogP contribution in [-0.2, 0) is 4.79 Å². The number of hydrogen-bond donors (Lipinski definition) is 1. The van der Waals surface area contributed by atoms with Gasteiger partial charge < -0.3 is 14.7 Å². The first kappa shape index (κ1) is 19.2. The molecule has 0 aliphatic carbocycles. The number of aromatic hydroxyl groups is 1. The summed E-state index contributed by atoms with van der Waals surface area (Å²) in [4.78, 5) is 25.8. The van der Waals surface area contributed by atoms with Gasteiger partial charge in [-0.3, -0.25) is 9.59 Å². The van der Waals surface area contributed by atoms with Gasteiger partial charge in [0.1, 0.15) is 11.5 Å². The van der Waals surface area contributed by atoms with E-state index in [0.29, 0.717) is 24.4 Å². The van der Waals surface area contributed by atoms with Gasteiger partial charge in [-0.2, -0.15) is 0 Å². The second-order valence-corrected chi connectivity index (χ2v) is 5.67. The normalized spacial score (nSPS) is 10.7. The highest BCUT2D eigenvalue weighted by atomic mass is 16.5. The van der Waals surface area contributed by atoms with Crippen molar-refractivity contribution >= 4 is 17.8 Å². The number of likely N-dealkylation sites (N-methyl/N-ethyl adjacent to an activating group) is 1. The first-order valence-corrected chi connectivity index (χ1v) is 8.55. The van der Waals surface area contributed by atoms with Crippen molar-refractivity contribution < 1.29 is 19.4 Å². The Balaban J connectivity index is 1.92. The highest BCUT2D eigenvalue weighted by molar-refractivity contribution is 6.06. The Morgan fingerprint density at radius 2 is 1.62 bits per heavy atom. The highest BCUT2D eigenvalue weighted by Gasteiger charge is 2.10. The number of rotatable bonds is 8. The maximum absolute atomic E-state index is 12.2. The summed E-state index contributed by atoms with van der Waals surface area (Å²) in [5.41, 5.74) is 1.36. The van der Waals surface area contributed by atoms with E-state index >= 15 is 0 Å². The number of allylic oxidation sites excluding steroid dienone is 1. The topological polar surface area (TPSA) is 66.8 Å². The van der Waals surface area contributed by atoms with Gasteiger partial charge in [0.25, 0.3) is 5.91 Å². The van der Waals surface area contributed by atoms with E-state index in [9.17, 15) is 14.7 Å². The van der Waals surface area contributed by atoms with Crippen LogP contribution in [0.3, 0.4) is 0 Å². The van der Waals surface area contributed by atoms with Crippen molar-refractivity contribution in [2.24, 2.45) is 0 Å². The monoisotopic (exact) mass is 353 g/mol. The fourth-order valence-electron chi connectivity index (χ4n) is 2.38. The number of phenolic OH excluding ortho intramolecular Hbond substituents is 1. The summed E-state index contributed by atoms with van der Waals surface area (Å²) in [6, 6.07) is 13.3. The van der Waals surface area contributed by atoms with Crippen LogP contribution in [0.5, 0.6) is 11.5 Å². The molecule has 1 N–H and O–H groups in total. The molecule has 5 heteroatoms. The molecule has 0 radical (unpaired) electrons. The van der Waals surface area contributed by atoms with Crippen LogP contribution < -0.4 is 4.74 Å². The van der Waals surface area contributed by atoms with Crippen molar-refractivity contribution in [2.75, 3.05) is 19.7 Å². The Hall–Kier alpha value is -3.08. The van der Waals surface area contributed by atoms with E-state index in [1.54, 1.807) is 59.5 Å². The predicted octanol–water partition coefficient (Wildman–Crippen LogP) is 3.54. The molecule has 0 unspecified atom stereocenters. The molecule has 0 aliphatic rings. The summed E-state index contributed by atoms with van der Waals surface area (Å²) in [6.07, 6.45) is 3.17. The number of carbonyl (C=O) groups excluding carboxylic acids is 2. The number of ketones is 1. The van der Waals surface area contributed by atoms with Gasteiger partial charge >= 0.3 is 0 Å². The summed E-state index contributed by atoms with van der Waals surface area (Å²) >= 11 is 0. The third kappa shape index (κ3) is 5.48. The van der Waals surface area contributed by atoms with E-state index in [2.05, 4.69) is 0 Å². The van der Waals surface area contributed by atoms with E-state index in [4.69, 9.17) is 4.74 Å². The zero-order valence-corrected chi connectivity index (χ0v) is 15.0. The van der Waals surface area contributed by atoms with Gasteiger partial charge in [-0.1, -0.05) is 18.2 Å². The van der Waals surface area contributed by atoms with E-state index < -0.39 is 0 Å².